The quantitative estimate of drug-likeness (QED) is 0.689. The normalized spacial score (nSPS) is 20.1. The lowest BCUT2D eigenvalue weighted by atomic mass is 9.73. The third-order valence-electron chi connectivity index (χ3n) is 5.81. The molecule has 2 saturated heterocycles. The number of rotatable bonds is 3. The number of benzene rings is 1. The zero-order valence-electron chi connectivity index (χ0n) is 16.2. The number of aromatic nitrogens is 1. The number of aryl methyl sites for hydroxylation is 1. The van der Waals surface area contributed by atoms with Crippen molar-refractivity contribution in [2.24, 2.45) is 0 Å². The summed E-state index contributed by atoms with van der Waals surface area (Å²) in [6, 6.07) is 8.26. The summed E-state index contributed by atoms with van der Waals surface area (Å²) in [5.74, 6) is 0.260. The van der Waals surface area contributed by atoms with E-state index in [4.69, 9.17) is 4.74 Å². The molecule has 28 heavy (non-hydrogen) atoms. The second-order valence-electron chi connectivity index (χ2n) is 7.61. The number of anilines is 1. The highest BCUT2D eigenvalue weighted by atomic mass is 79.9. The van der Waals surface area contributed by atoms with Crippen molar-refractivity contribution in [3.8, 4) is 0 Å². The van der Waals surface area contributed by atoms with Crippen molar-refractivity contribution in [3.63, 3.8) is 0 Å². The van der Waals surface area contributed by atoms with E-state index >= 15 is 0 Å². The van der Waals surface area contributed by atoms with Gasteiger partial charge >= 0.3 is 0 Å². The molecule has 150 valence electrons. The molecule has 0 N–H and O–H groups in total. The van der Waals surface area contributed by atoms with Gasteiger partial charge in [0.1, 0.15) is 0 Å². The van der Waals surface area contributed by atoms with E-state index in [-0.39, 0.29) is 5.91 Å². The highest BCUT2D eigenvalue weighted by molar-refractivity contribution is 9.10. The van der Waals surface area contributed by atoms with E-state index in [1.54, 1.807) is 11.3 Å². The van der Waals surface area contributed by atoms with Crippen LogP contribution in [0.15, 0.2) is 34.1 Å². The molecule has 0 aliphatic carbocycles. The lowest BCUT2D eigenvalue weighted by molar-refractivity contribution is -0.141. The summed E-state index contributed by atoms with van der Waals surface area (Å²) >= 11 is 5.20. The molecule has 0 radical (unpaired) electrons. The van der Waals surface area contributed by atoms with Gasteiger partial charge in [-0.15, -0.1) is 11.3 Å². The van der Waals surface area contributed by atoms with Crippen LogP contribution in [0.25, 0.3) is 0 Å². The summed E-state index contributed by atoms with van der Waals surface area (Å²) in [5.41, 5.74) is 1.71. The molecule has 5 nitrogen and oxygen atoms in total. The number of nitrogens with zero attached hydrogens (tertiary/aromatic N) is 3. The molecule has 4 rings (SSSR count). The van der Waals surface area contributed by atoms with E-state index in [2.05, 4.69) is 48.2 Å². The molecule has 0 atom stereocenters. The monoisotopic (exact) mass is 463 g/mol. The molecule has 0 unspecified atom stereocenters. The first-order chi connectivity index (χ1) is 13.6. The maximum absolute atomic E-state index is 13.8. The minimum Gasteiger partial charge on any atom is -0.381 e. The van der Waals surface area contributed by atoms with Crippen molar-refractivity contribution in [3.05, 3.63) is 45.4 Å². The lowest BCUT2D eigenvalue weighted by Crippen LogP contribution is -2.50. The minimum absolute atomic E-state index is 0.260. The second kappa shape index (κ2) is 8.51. The van der Waals surface area contributed by atoms with Crippen LogP contribution in [0.3, 0.4) is 0 Å². The van der Waals surface area contributed by atoms with Crippen molar-refractivity contribution in [1.82, 2.24) is 9.88 Å². The van der Waals surface area contributed by atoms with Crippen LogP contribution in [0.1, 0.15) is 30.5 Å². The fraction of sp³-hybridized carbons (Fsp3) is 0.524. The Morgan fingerprint density at radius 2 is 1.89 bits per heavy atom. The fourth-order valence-electron chi connectivity index (χ4n) is 4.22. The summed E-state index contributed by atoms with van der Waals surface area (Å²) in [6.07, 6.45) is 2.47. The first kappa shape index (κ1) is 19.9. The highest BCUT2D eigenvalue weighted by Crippen LogP contribution is 2.37. The molecule has 0 spiro atoms. The second-order valence-corrected chi connectivity index (χ2v) is 9.36. The van der Waals surface area contributed by atoms with Crippen LogP contribution in [-0.4, -0.2) is 55.2 Å². The van der Waals surface area contributed by atoms with Crippen LogP contribution in [0.5, 0.6) is 0 Å². The number of halogens is 1. The van der Waals surface area contributed by atoms with Crippen molar-refractivity contribution in [1.29, 1.82) is 0 Å². The SMILES string of the molecule is Cc1csc(N2CCCN(C(=O)C3(c4ccc(Br)cc4)CCOCC3)CC2)n1. The van der Waals surface area contributed by atoms with Gasteiger partial charge in [-0.1, -0.05) is 28.1 Å². The maximum atomic E-state index is 13.8. The molecule has 3 heterocycles. The van der Waals surface area contributed by atoms with Gasteiger partial charge in [-0.05, 0) is 43.9 Å². The van der Waals surface area contributed by atoms with Crippen LogP contribution in [0.4, 0.5) is 5.13 Å². The predicted octanol–water partition coefficient (Wildman–Crippen LogP) is 4.00. The molecule has 1 amide bonds. The minimum atomic E-state index is -0.466. The standard InChI is InChI=1S/C21H26BrN3O2S/c1-16-15-28-20(23-16)25-10-2-9-24(11-12-25)19(26)21(7-13-27-14-8-21)17-3-5-18(22)6-4-17/h3-6,15H,2,7-14H2,1H3. The third kappa shape index (κ3) is 3.98. The molecular formula is C21H26BrN3O2S. The van der Waals surface area contributed by atoms with Gasteiger partial charge in [0.05, 0.1) is 11.1 Å². The molecule has 0 saturated carbocycles. The zero-order chi connectivity index (χ0) is 19.6. The van der Waals surface area contributed by atoms with Gasteiger partial charge in [-0.2, -0.15) is 0 Å². The topological polar surface area (TPSA) is 45.7 Å². The van der Waals surface area contributed by atoms with Crippen molar-refractivity contribution in [2.45, 2.75) is 31.6 Å². The molecule has 0 bridgehead atoms. The van der Waals surface area contributed by atoms with E-state index in [1.807, 2.05) is 19.1 Å². The Morgan fingerprint density at radius 1 is 1.14 bits per heavy atom. The van der Waals surface area contributed by atoms with Crippen LogP contribution in [-0.2, 0) is 14.9 Å². The number of hydrogen-bond donors (Lipinski definition) is 0. The molecule has 2 aliphatic heterocycles. The Bertz CT molecular complexity index is 817. The van der Waals surface area contributed by atoms with E-state index in [1.165, 1.54) is 0 Å². The number of hydrogen-bond acceptors (Lipinski definition) is 5. The maximum Gasteiger partial charge on any atom is 0.233 e. The lowest BCUT2D eigenvalue weighted by Gasteiger charge is -2.40. The smallest absolute Gasteiger partial charge is 0.233 e. The number of ether oxygens (including phenoxy) is 1. The van der Waals surface area contributed by atoms with Crippen molar-refractivity contribution in [2.75, 3.05) is 44.3 Å². The summed E-state index contributed by atoms with van der Waals surface area (Å²) in [5, 5.41) is 3.16. The Kier molecular flexibility index (Phi) is 6.04. The van der Waals surface area contributed by atoms with Gasteiger partial charge in [0.15, 0.2) is 5.13 Å². The van der Waals surface area contributed by atoms with Crippen molar-refractivity contribution < 1.29 is 9.53 Å². The average molecular weight is 464 g/mol. The highest BCUT2D eigenvalue weighted by Gasteiger charge is 2.44. The Morgan fingerprint density at radius 3 is 2.57 bits per heavy atom. The molecule has 1 aromatic heterocycles. The van der Waals surface area contributed by atoms with Crippen LogP contribution >= 0.6 is 27.3 Å². The van der Waals surface area contributed by atoms with Crippen LogP contribution in [0.2, 0.25) is 0 Å². The summed E-state index contributed by atoms with van der Waals surface area (Å²) in [7, 11) is 0. The molecule has 2 aliphatic rings. The van der Waals surface area contributed by atoms with Crippen molar-refractivity contribution >= 4 is 38.3 Å². The van der Waals surface area contributed by atoms with Gasteiger partial charge in [0.2, 0.25) is 5.91 Å². The number of thiazole rings is 1. The first-order valence-electron chi connectivity index (χ1n) is 9.89. The van der Waals surface area contributed by atoms with Crippen LogP contribution in [0, 0.1) is 6.92 Å². The van der Waals surface area contributed by atoms with Gasteiger partial charge in [-0.25, -0.2) is 4.98 Å². The van der Waals surface area contributed by atoms with Gasteiger partial charge in [0.25, 0.3) is 0 Å². The molecule has 7 heteroatoms. The molecular weight excluding hydrogens is 438 g/mol. The third-order valence-corrected chi connectivity index (χ3v) is 7.36. The van der Waals surface area contributed by atoms with E-state index < -0.39 is 5.41 Å². The fourth-order valence-corrected chi connectivity index (χ4v) is 5.34. The van der Waals surface area contributed by atoms with E-state index in [0.717, 1.165) is 66.3 Å². The largest absolute Gasteiger partial charge is 0.381 e. The molecule has 2 fully saturated rings. The first-order valence-corrected chi connectivity index (χ1v) is 11.6. The summed E-state index contributed by atoms with van der Waals surface area (Å²) in [4.78, 5) is 22.8. The van der Waals surface area contributed by atoms with Crippen LogP contribution < -0.4 is 4.90 Å². The van der Waals surface area contributed by atoms with E-state index in [0.29, 0.717) is 13.2 Å². The van der Waals surface area contributed by atoms with E-state index in [9.17, 15) is 4.79 Å². The molecule has 2 aromatic rings. The summed E-state index contributed by atoms with van der Waals surface area (Å²) < 4.78 is 6.65. The van der Waals surface area contributed by atoms with Gasteiger partial charge in [0, 0.05) is 49.2 Å². The Balaban J connectivity index is 1.54. The number of amides is 1. The zero-order valence-corrected chi connectivity index (χ0v) is 18.6. The average Bonchev–Trinajstić information content (AvgIpc) is 3.00. The number of carbonyl (C=O) groups is 1. The predicted molar refractivity (Wildman–Crippen MR) is 116 cm³/mol. The van der Waals surface area contributed by atoms with Gasteiger partial charge < -0.3 is 14.5 Å². The number of carbonyl (C=O) groups excluding carboxylic acids is 1. The summed E-state index contributed by atoms with van der Waals surface area (Å²) in [6.45, 7) is 6.65. The molecule has 1 aromatic carbocycles. The Labute approximate surface area is 178 Å². The Hall–Kier alpha value is -1.44. The van der Waals surface area contributed by atoms with Gasteiger partial charge in [-0.3, -0.25) is 4.79 Å².